The number of carbonyl (C=O) groups is 2. The predicted molar refractivity (Wildman–Crippen MR) is 82.1 cm³/mol. The van der Waals surface area contributed by atoms with E-state index in [9.17, 15) is 14.7 Å². The number of nitrogens with zero attached hydrogens (tertiary/aromatic N) is 1. The summed E-state index contributed by atoms with van der Waals surface area (Å²) in [6.45, 7) is 2.21. The quantitative estimate of drug-likeness (QED) is 0.730. The number of benzene rings is 1. The Bertz CT molecular complexity index is 510. The molecule has 1 saturated heterocycles. The molecule has 3 atom stereocenters. The van der Waals surface area contributed by atoms with Crippen molar-refractivity contribution in [2.24, 2.45) is 5.92 Å². The minimum atomic E-state index is -1.02. The van der Waals surface area contributed by atoms with Crippen molar-refractivity contribution in [1.29, 1.82) is 0 Å². The Morgan fingerprint density at radius 1 is 1.52 bits per heavy atom. The first kappa shape index (κ1) is 17.4. The smallest absolute Gasteiger partial charge is 0.366 e. The highest BCUT2D eigenvalue weighted by atomic mass is 16.8. The molecule has 0 aliphatic carbocycles. The highest BCUT2D eigenvalue weighted by Crippen LogP contribution is 2.20. The fourth-order valence-corrected chi connectivity index (χ4v) is 2.30. The Labute approximate surface area is 135 Å². The van der Waals surface area contributed by atoms with Crippen molar-refractivity contribution in [3.05, 3.63) is 35.9 Å². The number of aldehydes is 1. The van der Waals surface area contributed by atoms with Crippen LogP contribution in [0.2, 0.25) is 0 Å². The third-order valence-corrected chi connectivity index (χ3v) is 3.65. The van der Waals surface area contributed by atoms with Crippen LogP contribution in [0.4, 0.5) is 4.79 Å². The third kappa shape index (κ3) is 5.31. The molecule has 1 aromatic carbocycles. The van der Waals surface area contributed by atoms with Gasteiger partial charge in [-0.15, -0.1) is 5.06 Å². The predicted octanol–water partition coefficient (Wildman–Crippen LogP) is 1.07. The van der Waals surface area contributed by atoms with Crippen molar-refractivity contribution < 1.29 is 24.3 Å². The number of nitrogens with one attached hydrogen (secondary N) is 1. The van der Waals surface area contributed by atoms with E-state index in [1.165, 1.54) is 5.06 Å². The van der Waals surface area contributed by atoms with E-state index < -0.39 is 18.4 Å². The van der Waals surface area contributed by atoms with Crippen LogP contribution < -0.4 is 5.32 Å². The number of aliphatic hydroxyl groups is 1. The molecule has 126 valence electrons. The Hall–Kier alpha value is -1.96. The number of amides is 1. The van der Waals surface area contributed by atoms with Crippen LogP contribution in [0.25, 0.3) is 0 Å². The van der Waals surface area contributed by atoms with Crippen LogP contribution in [0, 0.1) is 5.92 Å². The molecule has 0 radical (unpaired) electrons. The molecular weight excluding hydrogens is 300 g/mol. The second-order valence-corrected chi connectivity index (χ2v) is 5.63. The molecule has 23 heavy (non-hydrogen) atoms. The Kier molecular flexibility index (Phi) is 6.52. The van der Waals surface area contributed by atoms with Gasteiger partial charge in [-0.2, -0.15) is 0 Å². The molecule has 0 bridgehead atoms. The number of aliphatic hydroxyl groups excluding tert-OH is 1. The highest BCUT2D eigenvalue weighted by Gasteiger charge is 2.36. The molecule has 1 amide bonds. The van der Waals surface area contributed by atoms with E-state index in [1.807, 2.05) is 37.3 Å². The van der Waals surface area contributed by atoms with Crippen molar-refractivity contribution in [1.82, 2.24) is 10.4 Å². The van der Waals surface area contributed by atoms with Gasteiger partial charge in [-0.05, 0) is 17.9 Å². The summed E-state index contributed by atoms with van der Waals surface area (Å²) >= 11 is 0. The lowest BCUT2D eigenvalue weighted by atomic mass is 10.1. The van der Waals surface area contributed by atoms with Crippen molar-refractivity contribution in [3.63, 3.8) is 0 Å². The largest absolute Gasteiger partial charge is 0.426 e. The number of ether oxygens (including phenoxy) is 1. The second-order valence-electron chi connectivity index (χ2n) is 5.63. The van der Waals surface area contributed by atoms with Gasteiger partial charge in [-0.25, -0.2) is 4.79 Å². The van der Waals surface area contributed by atoms with Crippen molar-refractivity contribution in [2.75, 3.05) is 13.3 Å². The average Bonchev–Trinajstić information content (AvgIpc) is 2.87. The SMILES string of the molecule is CC(CC=O)CNC(=O)ON1COC(O)C1Cc1ccccc1. The summed E-state index contributed by atoms with van der Waals surface area (Å²) in [5.74, 6) is 0.0422. The van der Waals surface area contributed by atoms with Gasteiger partial charge in [0, 0.05) is 13.0 Å². The number of hydroxylamine groups is 2. The van der Waals surface area contributed by atoms with E-state index in [-0.39, 0.29) is 12.6 Å². The molecule has 1 aliphatic heterocycles. The fourth-order valence-electron chi connectivity index (χ4n) is 2.30. The zero-order valence-electron chi connectivity index (χ0n) is 13.1. The van der Waals surface area contributed by atoms with Gasteiger partial charge < -0.3 is 24.8 Å². The topological polar surface area (TPSA) is 88.1 Å². The molecular formula is C16H22N2O5. The van der Waals surface area contributed by atoms with Gasteiger partial charge in [-0.3, -0.25) is 0 Å². The molecule has 0 spiro atoms. The normalized spacial score (nSPS) is 22.5. The first-order valence-corrected chi connectivity index (χ1v) is 7.59. The van der Waals surface area contributed by atoms with Crippen molar-refractivity contribution in [3.8, 4) is 0 Å². The lowest BCUT2D eigenvalue weighted by molar-refractivity contribution is -0.127. The van der Waals surface area contributed by atoms with Gasteiger partial charge >= 0.3 is 6.09 Å². The van der Waals surface area contributed by atoms with E-state index in [0.29, 0.717) is 19.4 Å². The maximum atomic E-state index is 11.8. The summed E-state index contributed by atoms with van der Waals surface area (Å²) in [7, 11) is 0. The number of rotatable bonds is 7. The minimum absolute atomic E-state index is 0.00990. The molecule has 1 heterocycles. The summed E-state index contributed by atoms with van der Waals surface area (Å²) < 4.78 is 5.15. The number of carbonyl (C=O) groups excluding carboxylic acids is 2. The Morgan fingerprint density at radius 2 is 2.26 bits per heavy atom. The molecule has 0 aromatic heterocycles. The monoisotopic (exact) mass is 322 g/mol. The standard InChI is InChI=1S/C16H22N2O5/c1-12(7-8-19)10-17-16(21)23-18-11-22-15(20)14(18)9-13-5-3-2-4-6-13/h2-6,8,12,14-15,20H,7,9-11H2,1H3,(H,17,21). The molecule has 7 nitrogen and oxygen atoms in total. The van der Waals surface area contributed by atoms with Crippen molar-refractivity contribution in [2.45, 2.75) is 32.1 Å². The van der Waals surface area contributed by atoms with Gasteiger partial charge in [-0.1, -0.05) is 37.3 Å². The lowest BCUT2D eigenvalue weighted by Crippen LogP contribution is -2.41. The molecule has 1 fully saturated rings. The second kappa shape index (κ2) is 8.61. The summed E-state index contributed by atoms with van der Waals surface area (Å²) in [4.78, 5) is 27.4. The fraction of sp³-hybridized carbons (Fsp3) is 0.500. The Morgan fingerprint density at radius 3 is 2.96 bits per heavy atom. The van der Waals surface area contributed by atoms with E-state index >= 15 is 0 Å². The molecule has 2 rings (SSSR count). The van der Waals surface area contributed by atoms with Crippen LogP contribution in [0.3, 0.4) is 0 Å². The van der Waals surface area contributed by atoms with Crippen LogP contribution in [0.5, 0.6) is 0 Å². The first-order chi connectivity index (χ1) is 11.1. The zero-order chi connectivity index (χ0) is 16.7. The summed E-state index contributed by atoms with van der Waals surface area (Å²) in [6.07, 6.45) is 0.0489. The van der Waals surface area contributed by atoms with Crippen LogP contribution in [0.15, 0.2) is 30.3 Å². The van der Waals surface area contributed by atoms with Crippen LogP contribution >= 0.6 is 0 Å². The van der Waals surface area contributed by atoms with Gasteiger partial charge in [0.2, 0.25) is 0 Å². The maximum absolute atomic E-state index is 11.8. The van der Waals surface area contributed by atoms with Crippen LogP contribution in [-0.2, 0) is 20.8 Å². The third-order valence-electron chi connectivity index (χ3n) is 3.65. The summed E-state index contributed by atoms with van der Waals surface area (Å²) in [5, 5.41) is 13.8. The molecule has 7 heteroatoms. The van der Waals surface area contributed by atoms with Gasteiger partial charge in [0.05, 0.1) is 0 Å². The number of hydrogen-bond donors (Lipinski definition) is 2. The van der Waals surface area contributed by atoms with Gasteiger partial charge in [0.15, 0.2) is 6.29 Å². The summed E-state index contributed by atoms with van der Waals surface area (Å²) in [6, 6.07) is 9.13. The Balaban J connectivity index is 1.85. The molecule has 1 aromatic rings. The van der Waals surface area contributed by atoms with Crippen LogP contribution in [-0.4, -0.2) is 48.2 Å². The van der Waals surface area contributed by atoms with E-state index in [4.69, 9.17) is 9.57 Å². The molecule has 3 unspecified atom stereocenters. The zero-order valence-corrected chi connectivity index (χ0v) is 13.1. The average molecular weight is 322 g/mol. The summed E-state index contributed by atoms with van der Waals surface area (Å²) in [5.41, 5.74) is 1.01. The molecule has 1 aliphatic rings. The molecule has 2 N–H and O–H groups in total. The van der Waals surface area contributed by atoms with E-state index in [2.05, 4.69) is 5.32 Å². The van der Waals surface area contributed by atoms with Gasteiger partial charge in [0.25, 0.3) is 0 Å². The highest BCUT2D eigenvalue weighted by molar-refractivity contribution is 5.66. The first-order valence-electron chi connectivity index (χ1n) is 7.59. The maximum Gasteiger partial charge on any atom is 0.426 e. The molecule has 0 saturated carbocycles. The number of hydrogen-bond acceptors (Lipinski definition) is 6. The van der Waals surface area contributed by atoms with E-state index in [0.717, 1.165) is 11.8 Å². The lowest BCUT2D eigenvalue weighted by Gasteiger charge is -2.22. The van der Waals surface area contributed by atoms with Gasteiger partial charge in [0.1, 0.15) is 19.1 Å². The van der Waals surface area contributed by atoms with E-state index in [1.54, 1.807) is 0 Å². The van der Waals surface area contributed by atoms with Crippen LogP contribution in [0.1, 0.15) is 18.9 Å². The van der Waals surface area contributed by atoms with Crippen molar-refractivity contribution >= 4 is 12.4 Å². The minimum Gasteiger partial charge on any atom is -0.366 e.